The van der Waals surface area contributed by atoms with E-state index in [-0.39, 0.29) is 34.9 Å². The number of carbonyl (C=O) groups is 1. The molecule has 5 aromatic heterocycles. The van der Waals surface area contributed by atoms with Gasteiger partial charge in [-0.3, -0.25) is 23.7 Å². The highest BCUT2D eigenvalue weighted by Crippen LogP contribution is 2.30. The number of amides is 1. The zero-order valence-electron chi connectivity index (χ0n) is 21.2. The third-order valence-electron chi connectivity index (χ3n) is 6.08. The van der Waals surface area contributed by atoms with Crippen LogP contribution in [0, 0.1) is 6.92 Å². The largest absolute Gasteiger partial charge is 0.417 e. The second-order valence-corrected chi connectivity index (χ2v) is 8.88. The Kier molecular flexibility index (Phi) is 6.53. The van der Waals surface area contributed by atoms with E-state index in [0.29, 0.717) is 17.7 Å². The summed E-state index contributed by atoms with van der Waals surface area (Å²) in [7, 11) is 1.45. The molecular weight excluding hydrogens is 535 g/mol. The molecule has 16 heteroatoms. The van der Waals surface area contributed by atoms with E-state index in [9.17, 15) is 27.6 Å². The van der Waals surface area contributed by atoms with Gasteiger partial charge in [0, 0.05) is 37.3 Å². The Morgan fingerprint density at radius 3 is 2.65 bits per heavy atom. The van der Waals surface area contributed by atoms with Crippen LogP contribution >= 0.6 is 0 Å². The van der Waals surface area contributed by atoms with Crippen molar-refractivity contribution in [3.05, 3.63) is 81.0 Å². The zero-order valence-corrected chi connectivity index (χ0v) is 21.2. The molecular formula is C24H20F3N9O4. The highest BCUT2D eigenvalue weighted by Gasteiger charge is 2.31. The van der Waals surface area contributed by atoms with Crippen molar-refractivity contribution in [3.63, 3.8) is 0 Å². The summed E-state index contributed by atoms with van der Waals surface area (Å²) in [5, 5.41) is 6.40. The summed E-state index contributed by atoms with van der Waals surface area (Å²) in [6.45, 7) is 3.02. The molecule has 0 fully saturated rings. The first-order chi connectivity index (χ1) is 18.9. The number of nitrogens with one attached hydrogen (secondary N) is 1. The number of carbonyl (C=O) groups excluding carboxylic acids is 1. The number of nitrogens with zero attached hydrogens (tertiary/aromatic N) is 8. The maximum absolute atomic E-state index is 13.4. The fraction of sp³-hybridized carbons (Fsp3) is 0.250. The molecule has 40 heavy (non-hydrogen) atoms. The molecule has 0 saturated carbocycles. The summed E-state index contributed by atoms with van der Waals surface area (Å²) in [4.78, 5) is 55.2. The number of imidazole rings is 1. The van der Waals surface area contributed by atoms with E-state index in [2.05, 4.69) is 30.4 Å². The highest BCUT2D eigenvalue weighted by atomic mass is 19.4. The standard InChI is InChI=1S/C24H20F3N9O4/c1-12-6-16(33-40-12)10-35-22(38)18-20(34(3)23(35)39)30-11-36(18)13(2)21(37)32-17-4-5-29-19(31-17)14-7-15(9-28-8-14)24(25,26)27/h4-9,11,13H,10H2,1-3H3,(H,29,31,32,37)/t13-/m0/s1. The number of pyridine rings is 1. The Morgan fingerprint density at radius 2 is 1.95 bits per heavy atom. The van der Waals surface area contributed by atoms with Crippen LogP contribution in [0.15, 0.2) is 57.2 Å². The Bertz CT molecular complexity index is 1870. The van der Waals surface area contributed by atoms with Gasteiger partial charge in [0.15, 0.2) is 17.0 Å². The SMILES string of the molecule is Cc1cc(Cn2c(=O)c3c(ncn3[C@@H](C)C(=O)Nc3ccnc(-c4cncc(C(F)(F)F)c4)n3)n(C)c2=O)no1. The molecule has 0 radical (unpaired) electrons. The molecule has 5 aromatic rings. The number of alkyl halides is 3. The van der Waals surface area contributed by atoms with Crippen LogP contribution in [-0.2, 0) is 24.6 Å². The van der Waals surface area contributed by atoms with Crippen molar-refractivity contribution in [2.24, 2.45) is 7.05 Å². The number of hydrogen-bond acceptors (Lipinski definition) is 9. The van der Waals surface area contributed by atoms with E-state index >= 15 is 0 Å². The molecule has 0 aliphatic rings. The first-order valence-corrected chi connectivity index (χ1v) is 11.7. The number of aryl methyl sites for hydroxylation is 2. The van der Waals surface area contributed by atoms with Crippen LogP contribution in [0.2, 0.25) is 0 Å². The summed E-state index contributed by atoms with van der Waals surface area (Å²) in [5.74, 6) is -0.181. The van der Waals surface area contributed by atoms with E-state index in [1.807, 2.05) is 0 Å². The van der Waals surface area contributed by atoms with Gasteiger partial charge in [-0.25, -0.2) is 19.7 Å². The van der Waals surface area contributed by atoms with Crippen molar-refractivity contribution in [2.75, 3.05) is 5.32 Å². The molecule has 13 nitrogen and oxygen atoms in total. The molecule has 1 amide bonds. The number of hydrogen-bond donors (Lipinski definition) is 1. The van der Waals surface area contributed by atoms with Crippen molar-refractivity contribution in [3.8, 4) is 11.4 Å². The van der Waals surface area contributed by atoms with Crippen LogP contribution in [0.5, 0.6) is 0 Å². The van der Waals surface area contributed by atoms with E-state index in [0.717, 1.165) is 10.6 Å². The fourth-order valence-electron chi connectivity index (χ4n) is 4.02. The quantitative estimate of drug-likeness (QED) is 0.332. The van der Waals surface area contributed by atoms with Crippen LogP contribution < -0.4 is 16.6 Å². The molecule has 5 rings (SSSR count). The molecule has 5 heterocycles. The number of aromatic nitrogens is 8. The third kappa shape index (κ3) is 4.85. The van der Waals surface area contributed by atoms with Crippen LogP contribution in [-0.4, -0.2) is 44.7 Å². The first-order valence-electron chi connectivity index (χ1n) is 11.7. The van der Waals surface area contributed by atoms with Crippen LogP contribution in [0.25, 0.3) is 22.6 Å². The lowest BCUT2D eigenvalue weighted by Gasteiger charge is -2.15. The van der Waals surface area contributed by atoms with Gasteiger partial charge in [0.25, 0.3) is 5.56 Å². The zero-order chi connectivity index (χ0) is 28.8. The van der Waals surface area contributed by atoms with Gasteiger partial charge in [-0.1, -0.05) is 5.16 Å². The van der Waals surface area contributed by atoms with Crippen LogP contribution in [0.3, 0.4) is 0 Å². The van der Waals surface area contributed by atoms with Gasteiger partial charge in [0.2, 0.25) is 5.91 Å². The van der Waals surface area contributed by atoms with Gasteiger partial charge < -0.3 is 14.4 Å². The molecule has 0 aliphatic heterocycles. The summed E-state index contributed by atoms with van der Waals surface area (Å²) in [6, 6.07) is 2.79. The maximum atomic E-state index is 13.4. The Hall–Kier alpha value is -5.15. The lowest BCUT2D eigenvalue weighted by molar-refractivity contribution is -0.137. The number of halogens is 3. The maximum Gasteiger partial charge on any atom is 0.417 e. The average molecular weight is 555 g/mol. The van der Waals surface area contributed by atoms with Crippen molar-refractivity contribution in [1.82, 2.24) is 38.8 Å². The molecule has 0 aromatic carbocycles. The van der Waals surface area contributed by atoms with Gasteiger partial charge in [-0.15, -0.1) is 0 Å². The summed E-state index contributed by atoms with van der Waals surface area (Å²) in [6.07, 6.45) is -0.210. The monoisotopic (exact) mass is 555 g/mol. The second kappa shape index (κ2) is 9.87. The highest BCUT2D eigenvalue weighted by molar-refractivity contribution is 5.93. The average Bonchev–Trinajstić information content (AvgIpc) is 3.55. The fourth-order valence-corrected chi connectivity index (χ4v) is 4.02. The van der Waals surface area contributed by atoms with Gasteiger partial charge in [0.05, 0.1) is 18.4 Å². The Balaban J connectivity index is 1.45. The molecule has 1 atom stereocenters. The molecule has 0 aliphatic carbocycles. The van der Waals surface area contributed by atoms with E-state index in [1.165, 1.54) is 47.9 Å². The van der Waals surface area contributed by atoms with Crippen molar-refractivity contribution >= 4 is 22.9 Å². The minimum absolute atomic E-state index is 0.00310. The smallest absolute Gasteiger partial charge is 0.361 e. The van der Waals surface area contributed by atoms with E-state index in [4.69, 9.17) is 4.52 Å². The predicted octanol–water partition coefficient (Wildman–Crippen LogP) is 2.31. The number of fused-ring (bicyclic) bond motifs is 1. The summed E-state index contributed by atoms with van der Waals surface area (Å²) < 4.78 is 47.7. The number of anilines is 1. The Labute approximate surface area is 221 Å². The van der Waals surface area contributed by atoms with Gasteiger partial charge in [0.1, 0.15) is 23.3 Å². The number of rotatable bonds is 6. The molecule has 206 valence electrons. The second-order valence-electron chi connectivity index (χ2n) is 8.88. The summed E-state index contributed by atoms with van der Waals surface area (Å²) >= 11 is 0. The lowest BCUT2D eigenvalue weighted by atomic mass is 10.2. The molecule has 0 unspecified atom stereocenters. The first kappa shape index (κ1) is 26.5. The molecule has 0 bridgehead atoms. The lowest BCUT2D eigenvalue weighted by Crippen LogP contribution is -2.40. The third-order valence-corrected chi connectivity index (χ3v) is 6.08. The van der Waals surface area contributed by atoms with Crippen LogP contribution in [0.4, 0.5) is 19.0 Å². The minimum Gasteiger partial charge on any atom is -0.361 e. The molecule has 0 saturated heterocycles. The topological polar surface area (TPSA) is 156 Å². The van der Waals surface area contributed by atoms with E-state index < -0.39 is 34.9 Å². The van der Waals surface area contributed by atoms with E-state index in [1.54, 1.807) is 13.0 Å². The van der Waals surface area contributed by atoms with Gasteiger partial charge in [-0.2, -0.15) is 13.2 Å². The molecule has 0 spiro atoms. The van der Waals surface area contributed by atoms with Gasteiger partial charge >= 0.3 is 11.9 Å². The molecule has 1 N–H and O–H groups in total. The normalized spacial score (nSPS) is 12.6. The van der Waals surface area contributed by atoms with Crippen molar-refractivity contribution in [1.29, 1.82) is 0 Å². The van der Waals surface area contributed by atoms with Crippen molar-refractivity contribution in [2.45, 2.75) is 32.6 Å². The van der Waals surface area contributed by atoms with Gasteiger partial charge in [-0.05, 0) is 26.0 Å². The minimum atomic E-state index is -4.60. The summed E-state index contributed by atoms with van der Waals surface area (Å²) in [5.41, 5.74) is -1.84. The predicted molar refractivity (Wildman–Crippen MR) is 133 cm³/mol. The van der Waals surface area contributed by atoms with Crippen molar-refractivity contribution < 1.29 is 22.5 Å². The van der Waals surface area contributed by atoms with Crippen LogP contribution in [0.1, 0.15) is 30.0 Å². The Morgan fingerprint density at radius 1 is 1.18 bits per heavy atom.